The Hall–Kier alpha value is -1.10. The summed E-state index contributed by atoms with van der Waals surface area (Å²) in [4.78, 5) is 25.5. The van der Waals surface area contributed by atoms with Crippen LogP contribution in [0.25, 0.3) is 0 Å². The van der Waals surface area contributed by atoms with Crippen LogP contribution in [0.4, 0.5) is 0 Å². The summed E-state index contributed by atoms with van der Waals surface area (Å²) in [5.41, 5.74) is 0. The number of hydrogen-bond acceptors (Lipinski definition) is 3. The maximum Gasteiger partial charge on any atom is 0.307 e. The quantitative estimate of drug-likeness (QED) is 0.764. The van der Waals surface area contributed by atoms with Crippen LogP contribution in [-0.4, -0.2) is 48.7 Å². The van der Waals surface area contributed by atoms with E-state index in [1.807, 2.05) is 0 Å². The second kappa shape index (κ2) is 7.48. The fourth-order valence-electron chi connectivity index (χ4n) is 2.72. The molecule has 0 aromatic heterocycles. The molecule has 1 saturated carbocycles. The summed E-state index contributed by atoms with van der Waals surface area (Å²) in [6, 6.07) is 0. The average molecular weight is 271 g/mol. The Balaban J connectivity index is 2.71. The Bertz CT molecular complexity index is 317. The van der Waals surface area contributed by atoms with Gasteiger partial charge < -0.3 is 14.7 Å². The van der Waals surface area contributed by atoms with E-state index in [1.165, 1.54) is 0 Å². The lowest BCUT2D eigenvalue weighted by Crippen LogP contribution is -2.42. The van der Waals surface area contributed by atoms with Crippen LogP contribution >= 0.6 is 0 Å². The Morgan fingerprint density at radius 1 is 1.32 bits per heavy atom. The lowest BCUT2D eigenvalue weighted by Gasteiger charge is -2.28. The number of rotatable bonds is 7. The van der Waals surface area contributed by atoms with Gasteiger partial charge in [-0.3, -0.25) is 9.59 Å². The van der Waals surface area contributed by atoms with E-state index < -0.39 is 11.9 Å². The van der Waals surface area contributed by atoms with Crippen LogP contribution in [0.15, 0.2) is 0 Å². The molecule has 1 amide bonds. The molecular weight excluding hydrogens is 246 g/mol. The van der Waals surface area contributed by atoms with Gasteiger partial charge in [-0.2, -0.15) is 0 Å². The van der Waals surface area contributed by atoms with E-state index in [1.54, 1.807) is 12.0 Å². The maximum atomic E-state index is 12.5. The topological polar surface area (TPSA) is 66.8 Å². The largest absolute Gasteiger partial charge is 0.481 e. The predicted molar refractivity (Wildman–Crippen MR) is 71.8 cm³/mol. The summed E-state index contributed by atoms with van der Waals surface area (Å²) < 4.78 is 5.03. The Kier molecular flexibility index (Phi) is 6.28. The van der Waals surface area contributed by atoms with E-state index in [9.17, 15) is 14.7 Å². The van der Waals surface area contributed by atoms with Gasteiger partial charge in [0.15, 0.2) is 0 Å². The van der Waals surface area contributed by atoms with E-state index >= 15 is 0 Å². The number of aliphatic carboxylic acids is 1. The molecule has 2 atom stereocenters. The molecule has 1 rings (SSSR count). The van der Waals surface area contributed by atoms with Crippen molar-refractivity contribution in [1.82, 2.24) is 4.90 Å². The van der Waals surface area contributed by atoms with Crippen molar-refractivity contribution in [2.75, 3.05) is 26.8 Å². The first kappa shape index (κ1) is 16.0. The number of methoxy groups -OCH3 is 1. The lowest BCUT2D eigenvalue weighted by atomic mass is 9.94. The maximum absolute atomic E-state index is 12.5. The first-order valence-corrected chi connectivity index (χ1v) is 6.97. The molecule has 0 saturated heterocycles. The highest BCUT2D eigenvalue weighted by molar-refractivity contribution is 5.85. The molecule has 1 aliphatic carbocycles. The smallest absolute Gasteiger partial charge is 0.307 e. The Labute approximate surface area is 114 Å². The van der Waals surface area contributed by atoms with Crippen LogP contribution in [0, 0.1) is 17.8 Å². The molecule has 1 aliphatic rings. The molecule has 0 aromatic rings. The van der Waals surface area contributed by atoms with E-state index in [-0.39, 0.29) is 11.8 Å². The molecule has 2 unspecified atom stereocenters. The molecule has 110 valence electrons. The average Bonchev–Trinajstić information content (AvgIpc) is 2.82. The fourth-order valence-corrected chi connectivity index (χ4v) is 2.72. The zero-order chi connectivity index (χ0) is 14.4. The minimum atomic E-state index is -0.841. The Morgan fingerprint density at radius 2 is 1.95 bits per heavy atom. The lowest BCUT2D eigenvalue weighted by molar-refractivity contribution is -0.149. The second-order valence-corrected chi connectivity index (χ2v) is 5.65. The van der Waals surface area contributed by atoms with Gasteiger partial charge in [0, 0.05) is 20.2 Å². The summed E-state index contributed by atoms with van der Waals surface area (Å²) in [5, 5.41) is 9.18. The van der Waals surface area contributed by atoms with E-state index in [4.69, 9.17) is 4.74 Å². The van der Waals surface area contributed by atoms with E-state index in [0.717, 1.165) is 6.42 Å². The summed E-state index contributed by atoms with van der Waals surface area (Å²) in [6.07, 6.45) is 2.14. The number of ether oxygens (including phenoxy) is 1. The molecule has 0 bridgehead atoms. The second-order valence-electron chi connectivity index (χ2n) is 5.65. The normalized spacial score (nSPS) is 22.7. The first-order valence-electron chi connectivity index (χ1n) is 6.97. The highest BCUT2D eigenvalue weighted by Gasteiger charge is 2.39. The molecule has 19 heavy (non-hydrogen) atoms. The number of hydrogen-bond donors (Lipinski definition) is 1. The van der Waals surface area contributed by atoms with Crippen molar-refractivity contribution in [1.29, 1.82) is 0 Å². The Morgan fingerprint density at radius 3 is 2.47 bits per heavy atom. The highest BCUT2D eigenvalue weighted by atomic mass is 16.5. The summed E-state index contributed by atoms with van der Waals surface area (Å²) >= 11 is 0. The number of carboxylic acids is 1. The summed E-state index contributed by atoms with van der Waals surface area (Å²) in [5.74, 6) is -1.36. The highest BCUT2D eigenvalue weighted by Crippen LogP contribution is 2.33. The van der Waals surface area contributed by atoms with Gasteiger partial charge >= 0.3 is 5.97 Å². The minimum Gasteiger partial charge on any atom is -0.481 e. The van der Waals surface area contributed by atoms with Crippen molar-refractivity contribution in [3.63, 3.8) is 0 Å². The number of carbonyl (C=O) groups is 2. The van der Waals surface area contributed by atoms with Crippen molar-refractivity contribution in [2.24, 2.45) is 17.8 Å². The zero-order valence-electron chi connectivity index (χ0n) is 12.1. The third kappa shape index (κ3) is 4.49. The van der Waals surface area contributed by atoms with Crippen molar-refractivity contribution >= 4 is 11.9 Å². The van der Waals surface area contributed by atoms with Crippen LogP contribution < -0.4 is 0 Å². The molecule has 0 aliphatic heterocycles. The molecule has 1 N–H and O–H groups in total. The summed E-state index contributed by atoms with van der Waals surface area (Å²) in [6.45, 7) is 5.79. The monoisotopic (exact) mass is 271 g/mol. The first-order chi connectivity index (χ1) is 8.97. The van der Waals surface area contributed by atoms with Crippen molar-refractivity contribution < 1.29 is 19.4 Å². The molecule has 5 heteroatoms. The van der Waals surface area contributed by atoms with Crippen molar-refractivity contribution in [2.45, 2.75) is 33.1 Å². The number of carboxylic acid groups (broad SMARTS) is 1. The SMILES string of the molecule is COCCN(CC(C)C)C(=O)C1CCCC1C(=O)O. The predicted octanol–water partition coefficient (Wildman–Crippen LogP) is 1.62. The summed E-state index contributed by atoms with van der Waals surface area (Å²) in [7, 11) is 1.60. The van der Waals surface area contributed by atoms with E-state index in [0.29, 0.717) is 38.5 Å². The van der Waals surface area contributed by atoms with Gasteiger partial charge in [0.25, 0.3) is 0 Å². The minimum absolute atomic E-state index is 0.0179. The number of amides is 1. The van der Waals surface area contributed by atoms with Crippen LogP contribution in [0.3, 0.4) is 0 Å². The van der Waals surface area contributed by atoms with Crippen LogP contribution in [0.2, 0.25) is 0 Å². The van der Waals surface area contributed by atoms with Gasteiger partial charge in [0.1, 0.15) is 0 Å². The molecule has 0 heterocycles. The molecular formula is C14H25NO4. The van der Waals surface area contributed by atoms with Crippen LogP contribution in [0.1, 0.15) is 33.1 Å². The van der Waals surface area contributed by atoms with Gasteiger partial charge in [-0.1, -0.05) is 20.3 Å². The van der Waals surface area contributed by atoms with Gasteiger partial charge in [0.2, 0.25) is 5.91 Å². The molecule has 5 nitrogen and oxygen atoms in total. The van der Waals surface area contributed by atoms with Gasteiger partial charge in [-0.25, -0.2) is 0 Å². The third-order valence-corrected chi connectivity index (χ3v) is 3.61. The number of nitrogens with zero attached hydrogens (tertiary/aromatic N) is 1. The van der Waals surface area contributed by atoms with E-state index in [2.05, 4.69) is 13.8 Å². The van der Waals surface area contributed by atoms with Crippen molar-refractivity contribution in [3.8, 4) is 0 Å². The molecule has 0 spiro atoms. The third-order valence-electron chi connectivity index (χ3n) is 3.61. The number of carbonyl (C=O) groups excluding carboxylic acids is 1. The van der Waals surface area contributed by atoms with Gasteiger partial charge in [-0.15, -0.1) is 0 Å². The molecule has 0 aromatic carbocycles. The molecule has 0 radical (unpaired) electrons. The zero-order valence-corrected chi connectivity index (χ0v) is 12.1. The molecule has 1 fully saturated rings. The van der Waals surface area contributed by atoms with Crippen LogP contribution in [0.5, 0.6) is 0 Å². The fraction of sp³-hybridized carbons (Fsp3) is 0.857. The van der Waals surface area contributed by atoms with Gasteiger partial charge in [0.05, 0.1) is 18.4 Å². The van der Waals surface area contributed by atoms with Crippen molar-refractivity contribution in [3.05, 3.63) is 0 Å². The van der Waals surface area contributed by atoms with Crippen LogP contribution in [-0.2, 0) is 14.3 Å². The van der Waals surface area contributed by atoms with Gasteiger partial charge in [-0.05, 0) is 18.8 Å². The standard InChI is InChI=1S/C14H25NO4/c1-10(2)9-15(7-8-19-3)13(16)11-5-4-6-12(11)14(17)18/h10-12H,4-9H2,1-3H3,(H,17,18).